The van der Waals surface area contributed by atoms with Gasteiger partial charge in [0.25, 0.3) is 0 Å². The van der Waals surface area contributed by atoms with Crippen molar-refractivity contribution in [1.82, 2.24) is 5.32 Å². The average molecular weight is 263 g/mol. The summed E-state index contributed by atoms with van der Waals surface area (Å²) in [7, 11) is 2.14. The van der Waals surface area contributed by atoms with Crippen LogP contribution in [0.1, 0.15) is 55.9 Å². The van der Waals surface area contributed by atoms with E-state index >= 15 is 0 Å². The maximum Gasteiger partial charge on any atom is 0.0441 e. The van der Waals surface area contributed by atoms with E-state index in [0.717, 1.165) is 17.8 Å². The average Bonchev–Trinajstić information content (AvgIpc) is 2.93. The Morgan fingerprint density at radius 1 is 1.17 bits per heavy atom. The predicted molar refractivity (Wildman–Crippen MR) is 78.9 cm³/mol. The van der Waals surface area contributed by atoms with Crippen molar-refractivity contribution < 1.29 is 0 Å². The minimum atomic E-state index is 0.605. The molecule has 1 aromatic heterocycles. The molecule has 1 heterocycles. The Bertz CT molecular complexity index is 359. The highest BCUT2D eigenvalue weighted by molar-refractivity contribution is 7.10. The maximum absolute atomic E-state index is 3.58. The van der Waals surface area contributed by atoms with Gasteiger partial charge >= 0.3 is 0 Å². The van der Waals surface area contributed by atoms with Crippen molar-refractivity contribution in [3.8, 4) is 0 Å². The van der Waals surface area contributed by atoms with Crippen molar-refractivity contribution in [3.05, 3.63) is 22.4 Å². The first-order valence-corrected chi connectivity index (χ1v) is 8.47. The van der Waals surface area contributed by atoms with Crippen LogP contribution in [0.15, 0.2) is 17.5 Å². The molecule has 0 radical (unpaired) electrons. The Labute approximate surface area is 115 Å². The first-order valence-electron chi connectivity index (χ1n) is 7.59. The minimum Gasteiger partial charge on any atom is -0.312 e. The van der Waals surface area contributed by atoms with E-state index in [4.69, 9.17) is 0 Å². The summed E-state index contributed by atoms with van der Waals surface area (Å²) in [4.78, 5) is 1.54. The molecule has 100 valence electrons. The van der Waals surface area contributed by atoms with Crippen LogP contribution in [0.3, 0.4) is 0 Å². The Morgan fingerprint density at radius 2 is 2.00 bits per heavy atom. The van der Waals surface area contributed by atoms with Gasteiger partial charge < -0.3 is 5.32 Å². The van der Waals surface area contributed by atoms with Gasteiger partial charge in [0, 0.05) is 10.9 Å². The molecular formula is C16H25NS. The second-order valence-electron chi connectivity index (χ2n) is 6.16. The van der Waals surface area contributed by atoms with Gasteiger partial charge in [-0.2, -0.15) is 0 Å². The zero-order valence-corrected chi connectivity index (χ0v) is 12.2. The van der Waals surface area contributed by atoms with E-state index in [0.29, 0.717) is 6.04 Å². The molecule has 2 aliphatic carbocycles. The van der Waals surface area contributed by atoms with Crippen LogP contribution in [0.25, 0.3) is 0 Å². The quantitative estimate of drug-likeness (QED) is 0.839. The second kappa shape index (κ2) is 5.75. The summed E-state index contributed by atoms with van der Waals surface area (Å²) in [5.74, 6) is 2.97. The van der Waals surface area contributed by atoms with Gasteiger partial charge in [0.05, 0.1) is 0 Å². The summed E-state index contributed by atoms with van der Waals surface area (Å²) in [5.41, 5.74) is 0. The Balaban J connectivity index is 1.69. The van der Waals surface area contributed by atoms with Gasteiger partial charge in [-0.1, -0.05) is 31.7 Å². The summed E-state index contributed by atoms with van der Waals surface area (Å²) in [6.07, 6.45) is 10.4. The molecule has 3 rings (SSSR count). The summed E-state index contributed by atoms with van der Waals surface area (Å²) in [5, 5.41) is 5.79. The first kappa shape index (κ1) is 12.7. The summed E-state index contributed by atoms with van der Waals surface area (Å²) < 4.78 is 0. The second-order valence-corrected chi connectivity index (χ2v) is 7.14. The Hall–Kier alpha value is -0.340. The number of fused-ring (bicyclic) bond motifs is 1. The van der Waals surface area contributed by atoms with Gasteiger partial charge in [-0.3, -0.25) is 0 Å². The molecule has 2 heteroatoms. The van der Waals surface area contributed by atoms with Crippen molar-refractivity contribution in [2.75, 3.05) is 7.05 Å². The standard InChI is InChI=1S/C16H25NS/c1-17-16(15-7-4-10-18-15)14-9-8-12-5-2-3-6-13(12)11-14/h4,7,10,12-14,16-17H,2-3,5-6,8-9,11H2,1H3. The van der Waals surface area contributed by atoms with E-state index in [1.165, 1.54) is 49.8 Å². The fourth-order valence-corrected chi connectivity index (χ4v) is 5.22. The third-order valence-electron chi connectivity index (χ3n) is 5.21. The highest BCUT2D eigenvalue weighted by Gasteiger charge is 2.35. The molecule has 1 N–H and O–H groups in total. The van der Waals surface area contributed by atoms with Gasteiger partial charge in [0.2, 0.25) is 0 Å². The van der Waals surface area contributed by atoms with Crippen LogP contribution in [0, 0.1) is 17.8 Å². The van der Waals surface area contributed by atoms with Crippen LogP contribution in [0.4, 0.5) is 0 Å². The lowest BCUT2D eigenvalue weighted by atomic mass is 9.66. The van der Waals surface area contributed by atoms with E-state index in [2.05, 4.69) is 29.9 Å². The van der Waals surface area contributed by atoms with E-state index in [9.17, 15) is 0 Å². The predicted octanol–water partition coefficient (Wildman–Crippen LogP) is 4.62. The largest absolute Gasteiger partial charge is 0.312 e. The van der Waals surface area contributed by atoms with Gasteiger partial charge in [-0.05, 0) is 55.5 Å². The van der Waals surface area contributed by atoms with Crippen LogP contribution in [-0.4, -0.2) is 7.05 Å². The maximum atomic E-state index is 3.58. The molecule has 1 nitrogen and oxygen atoms in total. The van der Waals surface area contributed by atoms with Gasteiger partial charge in [0.15, 0.2) is 0 Å². The minimum absolute atomic E-state index is 0.605. The normalized spacial score (nSPS) is 33.9. The summed E-state index contributed by atoms with van der Waals surface area (Å²) >= 11 is 1.92. The van der Waals surface area contributed by atoms with E-state index in [1.807, 2.05) is 11.3 Å². The van der Waals surface area contributed by atoms with Gasteiger partial charge in [-0.25, -0.2) is 0 Å². The third-order valence-corrected chi connectivity index (χ3v) is 6.17. The molecule has 4 atom stereocenters. The van der Waals surface area contributed by atoms with Crippen molar-refractivity contribution in [1.29, 1.82) is 0 Å². The lowest BCUT2D eigenvalue weighted by Gasteiger charge is -2.41. The topological polar surface area (TPSA) is 12.0 Å². The van der Waals surface area contributed by atoms with Crippen molar-refractivity contribution in [2.24, 2.45) is 17.8 Å². The molecule has 1 aromatic rings. The molecule has 2 fully saturated rings. The summed E-state index contributed by atoms with van der Waals surface area (Å²) in [6, 6.07) is 5.10. The highest BCUT2D eigenvalue weighted by atomic mass is 32.1. The Kier molecular flexibility index (Phi) is 4.05. The number of hydrogen-bond donors (Lipinski definition) is 1. The van der Waals surface area contributed by atoms with E-state index < -0.39 is 0 Å². The Morgan fingerprint density at radius 3 is 2.72 bits per heavy atom. The lowest BCUT2D eigenvalue weighted by Crippen LogP contribution is -2.34. The first-order chi connectivity index (χ1) is 8.88. The van der Waals surface area contributed by atoms with Crippen molar-refractivity contribution in [2.45, 2.75) is 51.0 Å². The van der Waals surface area contributed by atoms with Gasteiger partial charge in [0.1, 0.15) is 0 Å². The molecule has 18 heavy (non-hydrogen) atoms. The zero-order chi connectivity index (χ0) is 12.4. The molecular weight excluding hydrogens is 238 g/mol. The molecule has 2 aliphatic rings. The summed E-state index contributed by atoms with van der Waals surface area (Å²) in [6.45, 7) is 0. The molecule has 0 spiro atoms. The molecule has 0 saturated heterocycles. The molecule has 0 amide bonds. The van der Waals surface area contributed by atoms with Crippen molar-refractivity contribution in [3.63, 3.8) is 0 Å². The molecule has 2 saturated carbocycles. The van der Waals surface area contributed by atoms with Crippen LogP contribution in [-0.2, 0) is 0 Å². The van der Waals surface area contributed by atoms with E-state index in [-0.39, 0.29) is 0 Å². The zero-order valence-electron chi connectivity index (χ0n) is 11.4. The smallest absolute Gasteiger partial charge is 0.0441 e. The number of hydrogen-bond acceptors (Lipinski definition) is 2. The fraction of sp³-hybridized carbons (Fsp3) is 0.750. The van der Waals surface area contributed by atoms with E-state index in [1.54, 1.807) is 0 Å². The monoisotopic (exact) mass is 263 g/mol. The molecule has 4 unspecified atom stereocenters. The molecule has 0 aromatic carbocycles. The van der Waals surface area contributed by atoms with Crippen LogP contribution >= 0.6 is 11.3 Å². The lowest BCUT2D eigenvalue weighted by molar-refractivity contribution is 0.112. The molecule has 0 aliphatic heterocycles. The number of nitrogens with one attached hydrogen (secondary N) is 1. The van der Waals surface area contributed by atoms with Crippen LogP contribution in [0.5, 0.6) is 0 Å². The van der Waals surface area contributed by atoms with Crippen LogP contribution < -0.4 is 5.32 Å². The fourth-order valence-electron chi connectivity index (χ4n) is 4.29. The third kappa shape index (κ3) is 2.50. The number of rotatable bonds is 3. The van der Waals surface area contributed by atoms with Gasteiger partial charge in [-0.15, -0.1) is 11.3 Å². The molecule has 0 bridgehead atoms. The number of thiophene rings is 1. The van der Waals surface area contributed by atoms with Crippen molar-refractivity contribution >= 4 is 11.3 Å². The van der Waals surface area contributed by atoms with Crippen LogP contribution in [0.2, 0.25) is 0 Å². The SMILES string of the molecule is CNC(c1cccs1)C1CCC2CCCCC2C1. The highest BCUT2D eigenvalue weighted by Crippen LogP contribution is 2.46.